The van der Waals surface area contributed by atoms with Gasteiger partial charge in [-0.25, -0.2) is 0 Å². The highest BCUT2D eigenvalue weighted by Crippen LogP contribution is 2.38. The Kier molecular flexibility index (Phi) is 3.37. The second-order valence-electron chi connectivity index (χ2n) is 4.83. The van der Waals surface area contributed by atoms with Crippen LogP contribution in [0.2, 0.25) is 5.02 Å². The van der Waals surface area contributed by atoms with Gasteiger partial charge >= 0.3 is 0 Å². The lowest BCUT2D eigenvalue weighted by molar-refractivity contribution is 0.477. The van der Waals surface area contributed by atoms with E-state index in [2.05, 4.69) is 13.0 Å². The highest BCUT2D eigenvalue weighted by molar-refractivity contribution is 6.30. The molecule has 0 heterocycles. The first kappa shape index (κ1) is 13.0. The number of aromatic hydroxyl groups is 1. The average molecular weight is 283 g/mol. The van der Waals surface area contributed by atoms with Gasteiger partial charge in [-0.1, -0.05) is 54.9 Å². The summed E-state index contributed by atoms with van der Waals surface area (Å²) in [7, 11) is 0. The molecule has 0 aliphatic heterocycles. The van der Waals surface area contributed by atoms with Crippen molar-refractivity contribution in [2.24, 2.45) is 0 Å². The number of phenolic OH excluding ortho intramolecular Hbond substituents is 1. The van der Waals surface area contributed by atoms with Gasteiger partial charge in [0, 0.05) is 10.6 Å². The quantitative estimate of drug-likeness (QED) is 0.664. The molecule has 3 aromatic carbocycles. The van der Waals surface area contributed by atoms with E-state index in [1.807, 2.05) is 48.5 Å². The van der Waals surface area contributed by atoms with Crippen molar-refractivity contribution in [3.8, 4) is 16.9 Å². The minimum Gasteiger partial charge on any atom is -0.507 e. The molecule has 3 aromatic rings. The van der Waals surface area contributed by atoms with Gasteiger partial charge in [-0.2, -0.15) is 0 Å². The predicted octanol–water partition coefficient (Wildman–Crippen LogP) is 5.43. The van der Waals surface area contributed by atoms with Crippen LogP contribution < -0.4 is 0 Å². The van der Waals surface area contributed by atoms with E-state index in [1.54, 1.807) is 0 Å². The second-order valence-corrected chi connectivity index (χ2v) is 5.27. The fraction of sp³-hybridized carbons (Fsp3) is 0.111. The van der Waals surface area contributed by atoms with Crippen LogP contribution in [0.3, 0.4) is 0 Å². The maximum atomic E-state index is 10.4. The van der Waals surface area contributed by atoms with Crippen LogP contribution in [0, 0.1) is 0 Å². The normalized spacial score (nSPS) is 10.9. The third kappa shape index (κ3) is 2.14. The number of hydrogen-bond donors (Lipinski definition) is 1. The van der Waals surface area contributed by atoms with Crippen molar-refractivity contribution in [2.75, 3.05) is 0 Å². The summed E-state index contributed by atoms with van der Waals surface area (Å²) < 4.78 is 0. The molecular formula is C18H15ClO. The zero-order valence-electron chi connectivity index (χ0n) is 11.2. The molecular weight excluding hydrogens is 268 g/mol. The Balaban J connectivity index is 2.34. The van der Waals surface area contributed by atoms with Crippen molar-refractivity contribution < 1.29 is 5.11 Å². The van der Waals surface area contributed by atoms with Crippen LogP contribution in [0.15, 0.2) is 54.6 Å². The molecule has 1 N–H and O–H groups in total. The molecule has 0 atom stereocenters. The zero-order valence-corrected chi connectivity index (χ0v) is 12.0. The van der Waals surface area contributed by atoms with E-state index in [1.165, 1.54) is 10.9 Å². The highest BCUT2D eigenvalue weighted by Gasteiger charge is 2.13. The van der Waals surface area contributed by atoms with E-state index in [0.717, 1.165) is 22.9 Å². The molecule has 100 valence electrons. The van der Waals surface area contributed by atoms with Crippen molar-refractivity contribution >= 4 is 22.4 Å². The lowest BCUT2D eigenvalue weighted by atomic mass is 9.92. The zero-order chi connectivity index (χ0) is 14.1. The second kappa shape index (κ2) is 5.18. The van der Waals surface area contributed by atoms with Gasteiger partial charge in [-0.15, -0.1) is 0 Å². The van der Waals surface area contributed by atoms with E-state index < -0.39 is 0 Å². The topological polar surface area (TPSA) is 20.2 Å². The van der Waals surface area contributed by atoms with Gasteiger partial charge in [0.15, 0.2) is 0 Å². The number of rotatable bonds is 2. The summed E-state index contributed by atoms with van der Waals surface area (Å²) in [5.74, 6) is 0.322. The number of benzene rings is 3. The summed E-state index contributed by atoms with van der Waals surface area (Å²) in [6.07, 6.45) is 0.868. The number of fused-ring (bicyclic) bond motifs is 1. The van der Waals surface area contributed by atoms with Gasteiger partial charge in [0.2, 0.25) is 0 Å². The summed E-state index contributed by atoms with van der Waals surface area (Å²) in [6, 6.07) is 17.6. The smallest absolute Gasteiger partial charge is 0.124 e. The van der Waals surface area contributed by atoms with Gasteiger partial charge in [-0.05, 0) is 46.5 Å². The van der Waals surface area contributed by atoms with Crippen LogP contribution in [0.25, 0.3) is 21.9 Å². The third-order valence-corrected chi connectivity index (χ3v) is 3.87. The number of hydrogen-bond acceptors (Lipinski definition) is 1. The highest BCUT2D eigenvalue weighted by atomic mass is 35.5. The Labute approximate surface area is 123 Å². The maximum Gasteiger partial charge on any atom is 0.124 e. The molecule has 0 spiro atoms. The molecule has 1 nitrogen and oxygen atoms in total. The molecule has 0 bridgehead atoms. The van der Waals surface area contributed by atoms with Crippen molar-refractivity contribution in [3.63, 3.8) is 0 Å². The molecule has 0 saturated heterocycles. The first-order chi connectivity index (χ1) is 9.70. The lowest BCUT2D eigenvalue weighted by Gasteiger charge is -2.14. The molecule has 0 aliphatic carbocycles. The Morgan fingerprint density at radius 3 is 2.40 bits per heavy atom. The van der Waals surface area contributed by atoms with Crippen LogP contribution in [0.4, 0.5) is 0 Å². The van der Waals surface area contributed by atoms with Crippen molar-refractivity contribution in [1.82, 2.24) is 0 Å². The van der Waals surface area contributed by atoms with Crippen LogP contribution >= 0.6 is 11.6 Å². The van der Waals surface area contributed by atoms with E-state index in [0.29, 0.717) is 10.8 Å². The molecule has 0 radical (unpaired) electrons. The van der Waals surface area contributed by atoms with E-state index in [4.69, 9.17) is 11.6 Å². The molecule has 0 aromatic heterocycles. The monoisotopic (exact) mass is 282 g/mol. The average Bonchev–Trinajstić information content (AvgIpc) is 2.47. The first-order valence-electron chi connectivity index (χ1n) is 6.70. The number of halogens is 1. The summed E-state index contributed by atoms with van der Waals surface area (Å²) >= 11 is 5.95. The summed E-state index contributed by atoms with van der Waals surface area (Å²) in [5.41, 5.74) is 3.07. The molecule has 20 heavy (non-hydrogen) atoms. The third-order valence-electron chi connectivity index (χ3n) is 3.62. The molecule has 0 saturated carbocycles. The summed E-state index contributed by atoms with van der Waals surface area (Å²) in [4.78, 5) is 0. The molecule has 2 heteroatoms. The Morgan fingerprint density at radius 1 is 1.00 bits per heavy atom. The molecule has 3 rings (SSSR count). The maximum absolute atomic E-state index is 10.4. The molecule has 0 aliphatic rings. The lowest BCUT2D eigenvalue weighted by Crippen LogP contribution is -1.91. The molecule has 0 fully saturated rings. The van der Waals surface area contributed by atoms with Gasteiger partial charge in [0.1, 0.15) is 5.75 Å². The van der Waals surface area contributed by atoms with Crippen molar-refractivity contribution in [3.05, 3.63) is 65.2 Å². The van der Waals surface area contributed by atoms with E-state index in [9.17, 15) is 5.11 Å². The Morgan fingerprint density at radius 2 is 1.70 bits per heavy atom. The Bertz CT molecular complexity index is 760. The number of aryl methyl sites for hydroxylation is 1. The van der Waals surface area contributed by atoms with Crippen molar-refractivity contribution in [1.29, 1.82) is 0 Å². The van der Waals surface area contributed by atoms with E-state index >= 15 is 0 Å². The Hall–Kier alpha value is -1.99. The fourth-order valence-corrected chi connectivity index (χ4v) is 2.84. The minimum atomic E-state index is 0.322. The van der Waals surface area contributed by atoms with Gasteiger partial charge in [-0.3, -0.25) is 0 Å². The fourth-order valence-electron chi connectivity index (χ4n) is 2.71. The van der Waals surface area contributed by atoms with E-state index in [-0.39, 0.29) is 0 Å². The van der Waals surface area contributed by atoms with Crippen LogP contribution in [-0.4, -0.2) is 5.11 Å². The van der Waals surface area contributed by atoms with Gasteiger partial charge in [0.25, 0.3) is 0 Å². The number of phenols is 1. The standard InChI is InChI=1S/C18H15ClO/c1-2-15-16-6-4-3-5-13(16)11-17(20)18(15)12-7-9-14(19)10-8-12/h3-11,20H,2H2,1H3. The molecule has 0 unspecified atom stereocenters. The van der Waals surface area contributed by atoms with Crippen LogP contribution in [0.1, 0.15) is 12.5 Å². The molecule has 0 amide bonds. The van der Waals surface area contributed by atoms with Gasteiger partial charge < -0.3 is 5.11 Å². The van der Waals surface area contributed by atoms with Crippen molar-refractivity contribution in [2.45, 2.75) is 13.3 Å². The first-order valence-corrected chi connectivity index (χ1v) is 7.08. The predicted molar refractivity (Wildman–Crippen MR) is 85.4 cm³/mol. The summed E-state index contributed by atoms with van der Waals surface area (Å²) in [6.45, 7) is 2.11. The SMILES string of the molecule is CCc1c(-c2ccc(Cl)cc2)c(O)cc2ccccc12. The van der Waals surface area contributed by atoms with Gasteiger partial charge in [0.05, 0.1) is 0 Å². The minimum absolute atomic E-state index is 0.322. The van der Waals surface area contributed by atoms with Crippen LogP contribution in [0.5, 0.6) is 5.75 Å². The largest absolute Gasteiger partial charge is 0.507 e. The summed E-state index contributed by atoms with van der Waals surface area (Å²) in [5, 5.41) is 13.4. The van der Waals surface area contributed by atoms with Crippen LogP contribution in [-0.2, 0) is 6.42 Å².